The van der Waals surface area contributed by atoms with E-state index < -0.39 is 12.1 Å². The summed E-state index contributed by atoms with van der Waals surface area (Å²) in [6.45, 7) is 7.30. The van der Waals surface area contributed by atoms with Crippen LogP contribution < -0.4 is 0 Å². The van der Waals surface area contributed by atoms with Crippen LogP contribution in [0.5, 0.6) is 0 Å². The summed E-state index contributed by atoms with van der Waals surface area (Å²) in [6.07, 6.45) is -0.659. The van der Waals surface area contributed by atoms with Crippen molar-refractivity contribution in [1.29, 1.82) is 0 Å². The van der Waals surface area contributed by atoms with Gasteiger partial charge >= 0.3 is 5.97 Å². The molecule has 1 N–H and O–H groups in total. The Kier molecular flexibility index (Phi) is 4.73. The monoisotopic (exact) mass is 244 g/mol. The van der Waals surface area contributed by atoms with Crippen molar-refractivity contribution in [3.8, 4) is 0 Å². The Morgan fingerprint density at radius 1 is 1.12 bits per heavy atom. The Morgan fingerprint density at radius 2 is 1.76 bits per heavy atom. The summed E-state index contributed by atoms with van der Waals surface area (Å²) in [6, 6.07) is 0. The van der Waals surface area contributed by atoms with Gasteiger partial charge in [-0.05, 0) is 0 Å². The lowest BCUT2D eigenvalue weighted by atomic mass is 10.2. The van der Waals surface area contributed by atoms with Crippen molar-refractivity contribution >= 4 is 5.97 Å². The zero-order chi connectivity index (χ0) is 12.1. The molecular weight excluding hydrogens is 224 g/mol. The molecule has 2 saturated heterocycles. The van der Waals surface area contributed by atoms with Gasteiger partial charge in [-0.1, -0.05) is 0 Å². The zero-order valence-corrected chi connectivity index (χ0v) is 10.0. The predicted molar refractivity (Wildman–Crippen MR) is 61.1 cm³/mol. The van der Waals surface area contributed by atoms with Gasteiger partial charge in [0.15, 0.2) is 6.10 Å². The Labute approximate surface area is 101 Å². The maximum Gasteiger partial charge on any atom is 0.334 e. The lowest BCUT2D eigenvalue weighted by molar-refractivity contribution is -0.156. The summed E-state index contributed by atoms with van der Waals surface area (Å²) in [5.41, 5.74) is 0. The van der Waals surface area contributed by atoms with Gasteiger partial charge in [-0.15, -0.1) is 0 Å². The maximum absolute atomic E-state index is 10.8. The second-order valence-corrected chi connectivity index (χ2v) is 4.45. The molecule has 0 aromatic rings. The molecule has 0 saturated carbocycles. The average molecular weight is 244 g/mol. The number of ether oxygens (including phenoxy) is 2. The minimum atomic E-state index is -0.860. The van der Waals surface area contributed by atoms with Gasteiger partial charge in [-0.25, -0.2) is 4.79 Å². The summed E-state index contributed by atoms with van der Waals surface area (Å²) < 4.78 is 10.5. The third-order valence-corrected chi connectivity index (χ3v) is 3.26. The van der Waals surface area contributed by atoms with Crippen LogP contribution in [0.3, 0.4) is 0 Å². The van der Waals surface area contributed by atoms with Gasteiger partial charge in [0, 0.05) is 39.3 Å². The van der Waals surface area contributed by atoms with E-state index in [4.69, 9.17) is 14.6 Å². The highest BCUT2D eigenvalue weighted by molar-refractivity contribution is 5.72. The third kappa shape index (κ3) is 3.92. The Bertz CT molecular complexity index is 256. The second kappa shape index (κ2) is 6.30. The second-order valence-electron chi connectivity index (χ2n) is 4.45. The average Bonchev–Trinajstić information content (AvgIpc) is 2.38. The van der Waals surface area contributed by atoms with Crippen LogP contribution in [0.1, 0.15) is 0 Å². The highest BCUT2D eigenvalue weighted by Gasteiger charge is 2.26. The lowest BCUT2D eigenvalue weighted by Crippen LogP contribution is -2.49. The van der Waals surface area contributed by atoms with Gasteiger partial charge in [0.2, 0.25) is 0 Å². The standard InChI is InChI=1S/C11H20N2O4/c14-11(15)10-9-13(5-8-17-10)2-1-12-3-6-16-7-4-12/h10H,1-9H2,(H,14,15). The van der Waals surface area contributed by atoms with E-state index in [9.17, 15) is 4.79 Å². The first-order valence-corrected chi connectivity index (χ1v) is 6.12. The molecule has 0 aliphatic carbocycles. The van der Waals surface area contributed by atoms with Crippen LogP contribution in [0.4, 0.5) is 0 Å². The highest BCUT2D eigenvalue weighted by Crippen LogP contribution is 2.06. The molecule has 1 unspecified atom stereocenters. The van der Waals surface area contributed by atoms with Gasteiger partial charge in [-0.3, -0.25) is 9.80 Å². The molecule has 0 radical (unpaired) electrons. The van der Waals surface area contributed by atoms with Crippen molar-refractivity contribution in [3.05, 3.63) is 0 Å². The van der Waals surface area contributed by atoms with E-state index in [-0.39, 0.29) is 0 Å². The molecule has 1 atom stereocenters. The van der Waals surface area contributed by atoms with Crippen molar-refractivity contribution in [3.63, 3.8) is 0 Å². The van der Waals surface area contributed by atoms with Crippen LogP contribution in [0.2, 0.25) is 0 Å². The normalized spacial score (nSPS) is 28.1. The van der Waals surface area contributed by atoms with Gasteiger partial charge in [-0.2, -0.15) is 0 Å². The van der Waals surface area contributed by atoms with Crippen LogP contribution in [0.25, 0.3) is 0 Å². The molecular formula is C11H20N2O4. The van der Waals surface area contributed by atoms with Gasteiger partial charge in [0.25, 0.3) is 0 Å². The number of carboxylic acids is 1. The van der Waals surface area contributed by atoms with Gasteiger partial charge < -0.3 is 14.6 Å². The number of hydrogen-bond acceptors (Lipinski definition) is 5. The van der Waals surface area contributed by atoms with Crippen molar-refractivity contribution in [1.82, 2.24) is 9.80 Å². The van der Waals surface area contributed by atoms with Crippen molar-refractivity contribution < 1.29 is 19.4 Å². The Balaban J connectivity index is 1.69. The quantitative estimate of drug-likeness (QED) is 0.692. The van der Waals surface area contributed by atoms with Crippen LogP contribution in [0, 0.1) is 0 Å². The summed E-state index contributed by atoms with van der Waals surface area (Å²) in [4.78, 5) is 15.3. The molecule has 2 aliphatic rings. The largest absolute Gasteiger partial charge is 0.479 e. The summed E-state index contributed by atoms with van der Waals surface area (Å²) in [7, 11) is 0. The number of aliphatic carboxylic acids is 1. The van der Waals surface area contributed by atoms with E-state index >= 15 is 0 Å². The fourth-order valence-electron chi connectivity index (χ4n) is 2.16. The Morgan fingerprint density at radius 3 is 2.47 bits per heavy atom. The van der Waals surface area contributed by atoms with E-state index in [0.717, 1.165) is 45.9 Å². The zero-order valence-electron chi connectivity index (χ0n) is 10.0. The minimum Gasteiger partial charge on any atom is -0.479 e. The lowest BCUT2D eigenvalue weighted by Gasteiger charge is -2.33. The molecule has 0 spiro atoms. The molecule has 2 fully saturated rings. The summed E-state index contributed by atoms with van der Waals surface area (Å²) >= 11 is 0. The number of rotatable bonds is 4. The van der Waals surface area contributed by atoms with Crippen molar-refractivity contribution in [2.24, 2.45) is 0 Å². The molecule has 6 heteroatoms. The Hall–Kier alpha value is -0.690. The van der Waals surface area contributed by atoms with E-state index in [1.54, 1.807) is 0 Å². The van der Waals surface area contributed by atoms with Crippen LogP contribution in [0.15, 0.2) is 0 Å². The number of nitrogens with zero attached hydrogens (tertiary/aromatic N) is 2. The topological polar surface area (TPSA) is 62.2 Å². The molecule has 6 nitrogen and oxygen atoms in total. The first kappa shape index (κ1) is 12.8. The molecule has 0 bridgehead atoms. The maximum atomic E-state index is 10.8. The molecule has 0 aromatic heterocycles. The minimum absolute atomic E-state index is 0.500. The molecule has 2 heterocycles. The molecule has 2 rings (SSSR count). The van der Waals surface area contributed by atoms with Crippen LogP contribution in [-0.2, 0) is 14.3 Å². The third-order valence-electron chi connectivity index (χ3n) is 3.26. The van der Waals surface area contributed by atoms with E-state index in [2.05, 4.69) is 9.80 Å². The smallest absolute Gasteiger partial charge is 0.334 e. The first-order valence-electron chi connectivity index (χ1n) is 6.12. The molecule has 0 aromatic carbocycles. The van der Waals surface area contributed by atoms with Crippen molar-refractivity contribution in [2.45, 2.75) is 6.10 Å². The molecule has 2 aliphatic heterocycles. The first-order chi connectivity index (χ1) is 8.25. The predicted octanol–water partition coefficient (Wildman–Crippen LogP) is -0.896. The van der Waals surface area contributed by atoms with Gasteiger partial charge in [0.1, 0.15) is 0 Å². The number of carbonyl (C=O) groups is 1. The fraction of sp³-hybridized carbons (Fsp3) is 0.909. The van der Waals surface area contributed by atoms with Crippen LogP contribution >= 0.6 is 0 Å². The van der Waals surface area contributed by atoms with Crippen molar-refractivity contribution in [2.75, 3.05) is 59.1 Å². The SMILES string of the molecule is O=C(O)C1CN(CCN2CCOCC2)CCO1. The highest BCUT2D eigenvalue weighted by atomic mass is 16.5. The molecule has 17 heavy (non-hydrogen) atoms. The number of hydrogen-bond donors (Lipinski definition) is 1. The van der Waals surface area contributed by atoms with E-state index in [1.807, 2.05) is 0 Å². The number of morpholine rings is 2. The van der Waals surface area contributed by atoms with Gasteiger partial charge in [0.05, 0.1) is 19.8 Å². The fourth-order valence-corrected chi connectivity index (χ4v) is 2.16. The summed E-state index contributed by atoms with van der Waals surface area (Å²) in [5, 5.41) is 8.89. The summed E-state index contributed by atoms with van der Waals surface area (Å²) in [5.74, 6) is -0.860. The molecule has 0 amide bonds. The van der Waals surface area contributed by atoms with Crippen LogP contribution in [-0.4, -0.2) is 86.1 Å². The van der Waals surface area contributed by atoms with E-state index in [0.29, 0.717) is 13.2 Å². The van der Waals surface area contributed by atoms with E-state index in [1.165, 1.54) is 0 Å². The number of carboxylic acid groups (broad SMARTS) is 1. The molecule has 98 valence electrons.